The maximum absolute atomic E-state index is 11.7. The normalized spacial score (nSPS) is 16.2. The van der Waals surface area contributed by atoms with Gasteiger partial charge in [-0.3, -0.25) is 8.98 Å². The van der Waals surface area contributed by atoms with Gasteiger partial charge in [-0.05, 0) is 6.42 Å². The van der Waals surface area contributed by atoms with Gasteiger partial charge in [0.2, 0.25) is 10.4 Å². The summed E-state index contributed by atoms with van der Waals surface area (Å²) in [5, 5.41) is 40.7. The number of aliphatic hydroxyl groups is 4. The van der Waals surface area contributed by atoms with Crippen molar-refractivity contribution in [3.05, 3.63) is 0 Å². The molecule has 0 fully saturated rings. The Balaban J connectivity index is 0. The van der Waals surface area contributed by atoms with Crippen LogP contribution in [-0.4, -0.2) is 76.9 Å². The molecule has 0 bridgehead atoms. The van der Waals surface area contributed by atoms with Crippen molar-refractivity contribution in [2.45, 2.75) is 69.9 Å². The third kappa shape index (κ3) is 13.4. The number of hydrogen-bond acceptors (Lipinski definition) is 9. The van der Waals surface area contributed by atoms with Crippen LogP contribution in [0.5, 0.6) is 0 Å². The molecule has 0 aromatic heterocycles. The molecule has 0 aliphatic rings. The van der Waals surface area contributed by atoms with Gasteiger partial charge in [0, 0.05) is 6.54 Å². The van der Waals surface area contributed by atoms with Crippen LogP contribution in [0.1, 0.15) is 45.4 Å². The summed E-state index contributed by atoms with van der Waals surface area (Å²) in [4.78, 5) is 11.7. The summed E-state index contributed by atoms with van der Waals surface area (Å²) in [5.74, 6) is -0.940. The molecule has 12 heteroatoms. The summed E-state index contributed by atoms with van der Waals surface area (Å²) in [6.07, 6.45) is -2.18. The van der Waals surface area contributed by atoms with E-state index >= 15 is 0 Å². The van der Waals surface area contributed by atoms with Gasteiger partial charge in [0.25, 0.3) is 5.91 Å². The average molecular weight is 409 g/mol. The van der Waals surface area contributed by atoms with Gasteiger partial charge in [-0.25, -0.2) is 8.42 Å². The van der Waals surface area contributed by atoms with Crippen LogP contribution in [0.3, 0.4) is 0 Å². The van der Waals surface area contributed by atoms with Crippen molar-refractivity contribution in [2.24, 2.45) is 0 Å². The monoisotopic (exact) mass is 409 g/mol. The molecule has 0 saturated carbocycles. The van der Waals surface area contributed by atoms with Crippen LogP contribution in [0.15, 0.2) is 0 Å². The molecule has 26 heavy (non-hydrogen) atoms. The Morgan fingerprint density at radius 1 is 1.04 bits per heavy atom. The first-order valence-electron chi connectivity index (χ1n) is 8.20. The third-order valence-corrected chi connectivity index (χ3v) is 3.97. The molecular weight excluding hydrogens is 381 g/mol. The van der Waals surface area contributed by atoms with Crippen LogP contribution >= 0.6 is 0 Å². The minimum atomic E-state index is -5.08. The number of unbranched alkanes of at least 4 members (excludes halogenated alkanes) is 5. The Morgan fingerprint density at radius 3 is 2.12 bits per heavy atom. The largest absolute Gasteiger partial charge is 1.00 e. The summed E-state index contributed by atoms with van der Waals surface area (Å²) in [5.41, 5.74) is 0. The zero-order chi connectivity index (χ0) is 19.5. The Morgan fingerprint density at radius 2 is 1.58 bits per heavy atom. The smallest absolute Gasteiger partial charge is 0.726 e. The summed E-state index contributed by atoms with van der Waals surface area (Å²) in [6.45, 7) is 1.27. The van der Waals surface area contributed by atoms with Crippen LogP contribution < -0.4 is 34.9 Å². The standard InChI is InChI=1S/C14H29NO9S.Na/c1-2-3-4-5-6-7-8-15-14(20)13(19)12(18)11(17)10(16)9-24-25(21,22)23;/h10-13,16-19H,2-9H2,1H3,(H,15,20)(H,21,22,23);/q;+1/p-1/t10-,11-,12+,13-;/m1./s1. The number of hydrogen-bond donors (Lipinski definition) is 5. The van der Waals surface area contributed by atoms with E-state index in [2.05, 4.69) is 16.4 Å². The molecule has 4 atom stereocenters. The van der Waals surface area contributed by atoms with E-state index in [0.29, 0.717) is 6.42 Å². The molecule has 0 spiro atoms. The van der Waals surface area contributed by atoms with E-state index in [-0.39, 0.29) is 36.1 Å². The van der Waals surface area contributed by atoms with Gasteiger partial charge in [0.05, 0.1) is 6.61 Å². The molecule has 0 aliphatic carbocycles. The zero-order valence-corrected chi connectivity index (χ0v) is 18.0. The van der Waals surface area contributed by atoms with Crippen molar-refractivity contribution in [1.82, 2.24) is 5.32 Å². The van der Waals surface area contributed by atoms with E-state index in [0.717, 1.165) is 32.1 Å². The van der Waals surface area contributed by atoms with E-state index in [9.17, 15) is 38.2 Å². The Bertz CT molecular complexity index is 477. The number of amides is 1. The molecule has 0 saturated heterocycles. The molecule has 150 valence electrons. The van der Waals surface area contributed by atoms with Gasteiger partial charge < -0.3 is 30.3 Å². The van der Waals surface area contributed by atoms with Crippen LogP contribution in [-0.2, 0) is 19.4 Å². The number of rotatable bonds is 14. The van der Waals surface area contributed by atoms with Gasteiger partial charge in [0.1, 0.15) is 18.3 Å². The fourth-order valence-electron chi connectivity index (χ4n) is 2.04. The number of carbonyl (C=O) groups excluding carboxylic acids is 1. The van der Waals surface area contributed by atoms with Crippen molar-refractivity contribution in [1.29, 1.82) is 0 Å². The number of nitrogens with one attached hydrogen (secondary N) is 1. The maximum atomic E-state index is 11.7. The zero-order valence-electron chi connectivity index (χ0n) is 15.2. The first-order valence-corrected chi connectivity index (χ1v) is 9.53. The topological polar surface area (TPSA) is 176 Å². The Labute approximate surface area is 176 Å². The second-order valence-electron chi connectivity index (χ2n) is 5.74. The quantitative estimate of drug-likeness (QED) is 0.0817. The summed E-state index contributed by atoms with van der Waals surface area (Å²) < 4.78 is 34.5. The molecule has 0 rings (SSSR count). The molecule has 0 aliphatic heterocycles. The molecule has 5 N–H and O–H groups in total. The van der Waals surface area contributed by atoms with Gasteiger partial charge in [-0.2, -0.15) is 0 Å². The van der Waals surface area contributed by atoms with E-state index in [1.807, 2.05) is 0 Å². The van der Waals surface area contributed by atoms with Gasteiger partial charge in [-0.1, -0.05) is 39.0 Å². The number of aliphatic hydroxyl groups excluding tert-OH is 4. The van der Waals surface area contributed by atoms with E-state index in [4.69, 9.17) is 0 Å². The molecular formula is C14H28NNaO9S. The van der Waals surface area contributed by atoms with E-state index in [1.54, 1.807) is 0 Å². The van der Waals surface area contributed by atoms with E-state index in [1.165, 1.54) is 0 Å². The predicted molar refractivity (Wildman–Crippen MR) is 86.1 cm³/mol. The fourth-order valence-corrected chi connectivity index (χ4v) is 2.35. The van der Waals surface area contributed by atoms with E-state index < -0.39 is 47.3 Å². The second kappa shape index (κ2) is 15.1. The minimum Gasteiger partial charge on any atom is -0.726 e. The van der Waals surface area contributed by atoms with Crippen LogP contribution in [0.25, 0.3) is 0 Å². The van der Waals surface area contributed by atoms with Gasteiger partial charge in [-0.15, -0.1) is 0 Å². The molecule has 1 amide bonds. The molecule has 0 aromatic carbocycles. The fraction of sp³-hybridized carbons (Fsp3) is 0.929. The first kappa shape index (κ1) is 28.4. The van der Waals surface area contributed by atoms with Crippen molar-refractivity contribution < 1.29 is 71.9 Å². The first-order chi connectivity index (χ1) is 11.6. The summed E-state index contributed by atoms with van der Waals surface area (Å²) in [6, 6.07) is 0. The predicted octanol–water partition coefficient (Wildman–Crippen LogP) is -4.61. The van der Waals surface area contributed by atoms with Crippen molar-refractivity contribution in [3.8, 4) is 0 Å². The Hall–Kier alpha value is 0.180. The average Bonchev–Trinajstić information content (AvgIpc) is 2.55. The molecule has 0 radical (unpaired) electrons. The number of carbonyl (C=O) groups is 1. The molecule has 10 nitrogen and oxygen atoms in total. The van der Waals surface area contributed by atoms with Crippen molar-refractivity contribution in [3.63, 3.8) is 0 Å². The van der Waals surface area contributed by atoms with Crippen LogP contribution in [0.4, 0.5) is 0 Å². The summed E-state index contributed by atoms with van der Waals surface area (Å²) in [7, 11) is -5.08. The van der Waals surface area contributed by atoms with Crippen molar-refractivity contribution in [2.75, 3.05) is 13.2 Å². The third-order valence-electron chi connectivity index (χ3n) is 3.55. The van der Waals surface area contributed by atoms with Crippen LogP contribution in [0, 0.1) is 0 Å². The van der Waals surface area contributed by atoms with Gasteiger partial charge >= 0.3 is 29.6 Å². The second-order valence-corrected chi connectivity index (χ2v) is 6.80. The molecule has 0 aromatic rings. The maximum Gasteiger partial charge on any atom is 1.00 e. The SMILES string of the molecule is CCCCCCCCNC(=O)[C@H](O)[C@@H](O)[C@H](O)[C@H](O)COS(=O)(=O)[O-].[Na+]. The van der Waals surface area contributed by atoms with Gasteiger partial charge in [0.15, 0.2) is 6.10 Å². The minimum absolute atomic E-state index is 0. The van der Waals surface area contributed by atoms with Crippen LogP contribution in [0.2, 0.25) is 0 Å². The Kier molecular flexibility index (Phi) is 16.5. The van der Waals surface area contributed by atoms with Crippen molar-refractivity contribution >= 4 is 16.3 Å². The summed E-state index contributed by atoms with van der Waals surface area (Å²) >= 11 is 0. The molecule has 0 unspecified atom stereocenters. The molecule has 0 heterocycles.